The second-order valence-electron chi connectivity index (χ2n) is 7.63. The van der Waals surface area contributed by atoms with E-state index in [1.54, 1.807) is 18.3 Å². The van der Waals surface area contributed by atoms with Crippen LogP contribution in [0.25, 0.3) is 5.78 Å². The number of benzene rings is 1. The highest BCUT2D eigenvalue weighted by molar-refractivity contribution is 7.92. The summed E-state index contributed by atoms with van der Waals surface area (Å²) in [5, 5.41) is 4.41. The Balaban J connectivity index is 1.75. The van der Waals surface area contributed by atoms with Gasteiger partial charge in [-0.05, 0) is 36.5 Å². The number of alkyl halides is 2. The molecule has 4 rings (SSSR count). The third kappa shape index (κ3) is 3.57. The van der Waals surface area contributed by atoms with E-state index in [1.165, 1.54) is 16.6 Å². The first-order chi connectivity index (χ1) is 13.7. The van der Waals surface area contributed by atoms with Crippen LogP contribution >= 0.6 is 0 Å². The van der Waals surface area contributed by atoms with Gasteiger partial charge >= 0.3 is 5.76 Å². The fraction of sp³-hybridized carbons (Fsp3) is 0.421. The first-order valence-electron chi connectivity index (χ1n) is 9.33. The van der Waals surface area contributed by atoms with E-state index in [9.17, 15) is 17.8 Å². The lowest BCUT2D eigenvalue weighted by molar-refractivity contribution is 0.241. The molecule has 1 aliphatic rings. The number of aromatic nitrogens is 4. The van der Waals surface area contributed by atoms with Crippen LogP contribution in [-0.2, 0) is 16.3 Å². The van der Waals surface area contributed by atoms with E-state index in [0.29, 0.717) is 29.6 Å². The van der Waals surface area contributed by atoms with Crippen molar-refractivity contribution in [1.82, 2.24) is 19.2 Å². The number of hydrogen-bond donors (Lipinski definition) is 1. The third-order valence-electron chi connectivity index (χ3n) is 5.04. The maximum atomic E-state index is 12.8. The largest absolute Gasteiger partial charge is 0.323 e. The molecule has 10 heteroatoms. The van der Waals surface area contributed by atoms with Crippen LogP contribution in [0.5, 0.6) is 0 Å². The number of rotatable bonds is 6. The highest BCUT2D eigenvalue weighted by Gasteiger charge is 2.29. The minimum Gasteiger partial charge on any atom is -0.312 e. The molecule has 0 spiro atoms. The molecule has 1 aliphatic carbocycles. The third-order valence-corrected chi connectivity index (χ3v) is 6.51. The van der Waals surface area contributed by atoms with Gasteiger partial charge in [0, 0.05) is 17.7 Å². The fourth-order valence-electron chi connectivity index (χ4n) is 3.17. The van der Waals surface area contributed by atoms with E-state index in [4.69, 9.17) is 4.78 Å². The van der Waals surface area contributed by atoms with Crippen molar-refractivity contribution >= 4 is 15.5 Å². The molecule has 2 heterocycles. The summed E-state index contributed by atoms with van der Waals surface area (Å²) in [7, 11) is -4.13. The second-order valence-corrected chi connectivity index (χ2v) is 9.66. The molecule has 3 aromatic rings. The van der Waals surface area contributed by atoms with Gasteiger partial charge in [-0.3, -0.25) is 4.79 Å². The normalized spacial score (nSPS) is 16.6. The van der Waals surface area contributed by atoms with Crippen LogP contribution in [0.2, 0.25) is 0 Å². The summed E-state index contributed by atoms with van der Waals surface area (Å²) in [6.45, 7) is 4.19. The zero-order chi connectivity index (χ0) is 20.9. The summed E-state index contributed by atoms with van der Waals surface area (Å²) in [4.78, 5) is 17.1. The second kappa shape index (κ2) is 7.01. The Morgan fingerprint density at radius 1 is 1.24 bits per heavy atom. The van der Waals surface area contributed by atoms with Gasteiger partial charge in [-0.1, -0.05) is 26.0 Å². The quantitative estimate of drug-likeness (QED) is 0.658. The van der Waals surface area contributed by atoms with Gasteiger partial charge in [-0.15, -0.1) is 5.10 Å². The van der Waals surface area contributed by atoms with Gasteiger partial charge < -0.3 is 4.57 Å². The topological polar surface area (TPSA) is 93.1 Å². The standard InChI is InChI=1S/C19H21F2N5O2S/c1-11(2)15-10-25(19-23-16(13-5-6-13)24-26(19)17(15)27)9-12-3-7-14(8-4-12)29(22,28)18(20)21/h3-4,7-8,10-11,13,18,22H,5-6,9H2,1-2H3. The average Bonchev–Trinajstić information content (AvgIpc) is 3.42. The van der Waals surface area contributed by atoms with Gasteiger partial charge in [0.1, 0.15) is 9.73 Å². The molecular weight excluding hydrogens is 400 g/mol. The molecular formula is C19H21F2N5O2S. The van der Waals surface area contributed by atoms with Gasteiger partial charge in [0.15, 0.2) is 5.82 Å². The summed E-state index contributed by atoms with van der Waals surface area (Å²) >= 11 is 0. The molecule has 1 saturated carbocycles. The molecule has 1 aromatic carbocycles. The van der Waals surface area contributed by atoms with Crippen LogP contribution in [0.3, 0.4) is 0 Å². The molecule has 1 fully saturated rings. The van der Waals surface area contributed by atoms with Gasteiger partial charge in [0.05, 0.1) is 11.4 Å². The molecule has 154 valence electrons. The average molecular weight is 421 g/mol. The van der Waals surface area contributed by atoms with Crippen LogP contribution in [0.15, 0.2) is 40.2 Å². The smallest absolute Gasteiger partial charge is 0.312 e. The highest BCUT2D eigenvalue weighted by atomic mass is 32.2. The van der Waals surface area contributed by atoms with Crippen molar-refractivity contribution < 1.29 is 13.0 Å². The van der Waals surface area contributed by atoms with Crippen molar-refractivity contribution in [2.45, 2.75) is 55.7 Å². The zero-order valence-electron chi connectivity index (χ0n) is 16.0. The fourth-order valence-corrected chi connectivity index (χ4v) is 3.91. The van der Waals surface area contributed by atoms with Crippen LogP contribution in [0.1, 0.15) is 55.5 Å². The number of fused-ring (bicyclic) bond motifs is 1. The molecule has 0 radical (unpaired) electrons. The lowest BCUT2D eigenvalue weighted by Crippen LogP contribution is -2.24. The Morgan fingerprint density at radius 2 is 1.90 bits per heavy atom. The van der Waals surface area contributed by atoms with Crippen molar-refractivity contribution in [2.75, 3.05) is 0 Å². The van der Waals surface area contributed by atoms with Crippen molar-refractivity contribution in [3.05, 3.63) is 57.8 Å². The van der Waals surface area contributed by atoms with Gasteiger partial charge in [-0.2, -0.15) is 18.3 Å². The number of hydrogen-bond acceptors (Lipinski definition) is 5. The molecule has 0 saturated heterocycles. The lowest BCUT2D eigenvalue weighted by atomic mass is 10.1. The minimum atomic E-state index is -4.13. The van der Waals surface area contributed by atoms with Crippen LogP contribution in [-0.4, -0.2) is 29.1 Å². The maximum Gasteiger partial charge on any atom is 0.323 e. The number of halogens is 2. The minimum absolute atomic E-state index is 0.00635. The van der Waals surface area contributed by atoms with Gasteiger partial charge in [0.2, 0.25) is 5.78 Å². The number of nitrogens with one attached hydrogen (secondary N) is 1. The first kappa shape index (κ1) is 19.7. The molecule has 7 nitrogen and oxygen atoms in total. The summed E-state index contributed by atoms with van der Waals surface area (Å²) in [5.74, 6) is -1.85. The Bertz CT molecular complexity index is 1230. The molecule has 0 aliphatic heterocycles. The molecule has 0 amide bonds. The molecule has 1 atom stereocenters. The van der Waals surface area contributed by atoms with Crippen molar-refractivity contribution in [3.63, 3.8) is 0 Å². The summed E-state index contributed by atoms with van der Waals surface area (Å²) in [5.41, 5.74) is 1.16. The van der Waals surface area contributed by atoms with E-state index >= 15 is 0 Å². The van der Waals surface area contributed by atoms with Gasteiger partial charge in [-0.25, -0.2) is 8.99 Å². The Morgan fingerprint density at radius 3 is 2.45 bits per heavy atom. The Kier molecular flexibility index (Phi) is 4.76. The zero-order valence-corrected chi connectivity index (χ0v) is 16.8. The van der Waals surface area contributed by atoms with Crippen LogP contribution in [0.4, 0.5) is 8.78 Å². The van der Waals surface area contributed by atoms with E-state index < -0.39 is 15.5 Å². The summed E-state index contributed by atoms with van der Waals surface area (Å²) in [6, 6.07) is 5.71. The molecule has 1 N–H and O–H groups in total. The predicted molar refractivity (Wildman–Crippen MR) is 104 cm³/mol. The van der Waals surface area contributed by atoms with Gasteiger partial charge in [0.25, 0.3) is 5.56 Å². The van der Waals surface area contributed by atoms with E-state index in [2.05, 4.69) is 10.1 Å². The molecule has 2 aromatic heterocycles. The Labute approximate surface area is 166 Å². The summed E-state index contributed by atoms with van der Waals surface area (Å²) in [6.07, 6.45) is 3.79. The summed E-state index contributed by atoms with van der Waals surface area (Å²) < 4.78 is 48.0. The van der Waals surface area contributed by atoms with Crippen molar-refractivity contribution in [1.29, 1.82) is 4.78 Å². The molecule has 29 heavy (non-hydrogen) atoms. The van der Waals surface area contributed by atoms with Crippen molar-refractivity contribution in [3.8, 4) is 0 Å². The highest BCUT2D eigenvalue weighted by Crippen LogP contribution is 2.38. The SMILES string of the molecule is CC(C)c1cn(Cc2ccc(S(=N)(=O)C(F)F)cc2)c2nc(C3CC3)nn2c1=O. The Hall–Kier alpha value is -2.62. The first-order valence-corrected chi connectivity index (χ1v) is 11.0. The predicted octanol–water partition coefficient (Wildman–Crippen LogP) is 3.57. The van der Waals surface area contributed by atoms with Crippen molar-refractivity contribution in [2.24, 2.45) is 0 Å². The van der Waals surface area contributed by atoms with E-state index in [-0.39, 0.29) is 16.4 Å². The maximum absolute atomic E-state index is 12.8. The molecule has 0 bridgehead atoms. The monoisotopic (exact) mass is 421 g/mol. The van der Waals surface area contributed by atoms with E-state index in [0.717, 1.165) is 18.4 Å². The van der Waals surface area contributed by atoms with E-state index in [1.807, 2.05) is 18.4 Å². The molecule has 1 unspecified atom stereocenters. The van der Waals surface area contributed by atoms with Crippen LogP contribution in [0, 0.1) is 4.78 Å². The number of nitrogens with zero attached hydrogens (tertiary/aromatic N) is 4. The van der Waals surface area contributed by atoms with Crippen LogP contribution < -0.4 is 5.56 Å². The lowest BCUT2D eigenvalue weighted by Gasteiger charge is -2.13.